The highest BCUT2D eigenvalue weighted by atomic mass is 35.5. The Morgan fingerprint density at radius 1 is 1.33 bits per heavy atom. The first-order valence-electron chi connectivity index (χ1n) is 6.20. The zero-order valence-corrected chi connectivity index (χ0v) is 11.0. The van der Waals surface area contributed by atoms with Crippen molar-refractivity contribution >= 4 is 11.6 Å². The average molecular weight is 270 g/mol. The molecule has 1 N–H and O–H groups in total. The Kier molecular flexibility index (Phi) is 3.37. The Morgan fingerprint density at radius 2 is 2.06 bits per heavy atom. The van der Waals surface area contributed by atoms with Crippen LogP contribution in [0.3, 0.4) is 0 Å². The molecule has 2 bridgehead atoms. The van der Waals surface area contributed by atoms with Crippen LogP contribution < -0.4 is 10.1 Å². The molecular formula is C12H16ClN3O2. The van der Waals surface area contributed by atoms with Crippen LogP contribution in [0.15, 0.2) is 6.33 Å². The highest BCUT2D eigenvalue weighted by Crippen LogP contribution is 2.26. The molecule has 0 radical (unpaired) electrons. The molecule has 2 atom stereocenters. The average Bonchev–Trinajstić information content (AvgIpc) is 2.35. The molecule has 0 aliphatic carbocycles. The number of rotatable bonds is 2. The number of nitrogens with one attached hydrogen (secondary N) is 1. The lowest BCUT2D eigenvalue weighted by Crippen LogP contribution is -2.56. The van der Waals surface area contributed by atoms with Crippen molar-refractivity contribution in [1.29, 1.82) is 0 Å². The van der Waals surface area contributed by atoms with Crippen molar-refractivity contribution in [2.24, 2.45) is 0 Å². The van der Waals surface area contributed by atoms with Gasteiger partial charge in [0.1, 0.15) is 17.6 Å². The Morgan fingerprint density at radius 3 is 2.78 bits per heavy atom. The van der Waals surface area contributed by atoms with Crippen molar-refractivity contribution in [3.8, 4) is 5.88 Å². The number of halogens is 1. The fourth-order valence-corrected chi connectivity index (χ4v) is 2.70. The van der Waals surface area contributed by atoms with Crippen molar-refractivity contribution < 1.29 is 9.47 Å². The Hall–Kier alpha value is -0.910. The van der Waals surface area contributed by atoms with Crippen molar-refractivity contribution in [2.45, 2.75) is 38.0 Å². The monoisotopic (exact) mass is 269 g/mol. The van der Waals surface area contributed by atoms with Crippen molar-refractivity contribution in [3.05, 3.63) is 17.0 Å². The Labute approximate surface area is 111 Å². The van der Waals surface area contributed by atoms with Crippen LogP contribution >= 0.6 is 11.6 Å². The van der Waals surface area contributed by atoms with Gasteiger partial charge in [-0.15, -0.1) is 0 Å². The van der Waals surface area contributed by atoms with Gasteiger partial charge in [0.25, 0.3) is 0 Å². The van der Waals surface area contributed by atoms with E-state index in [4.69, 9.17) is 21.1 Å². The van der Waals surface area contributed by atoms with Gasteiger partial charge in [0.15, 0.2) is 0 Å². The molecule has 6 heteroatoms. The molecule has 5 nitrogen and oxygen atoms in total. The fraction of sp³-hybridized carbons (Fsp3) is 0.667. The second kappa shape index (κ2) is 4.99. The van der Waals surface area contributed by atoms with E-state index in [0.717, 1.165) is 31.6 Å². The van der Waals surface area contributed by atoms with Gasteiger partial charge in [-0.3, -0.25) is 0 Å². The highest BCUT2D eigenvalue weighted by Gasteiger charge is 2.33. The molecule has 2 saturated heterocycles. The Bertz CT molecular complexity index is 431. The summed E-state index contributed by atoms with van der Waals surface area (Å²) in [6, 6.07) is 0.778. The molecule has 2 aliphatic heterocycles. The zero-order chi connectivity index (χ0) is 12.5. The van der Waals surface area contributed by atoms with Gasteiger partial charge in [-0.05, 0) is 6.92 Å². The van der Waals surface area contributed by atoms with Crippen molar-refractivity contribution in [2.75, 3.05) is 13.2 Å². The molecule has 18 heavy (non-hydrogen) atoms. The molecule has 2 fully saturated rings. The number of nitrogens with zero attached hydrogens (tertiary/aromatic N) is 2. The second-order valence-corrected chi connectivity index (χ2v) is 5.26. The maximum Gasteiger partial charge on any atom is 0.221 e. The molecule has 1 aromatic heterocycles. The van der Waals surface area contributed by atoms with E-state index in [-0.39, 0.29) is 6.10 Å². The molecular weight excluding hydrogens is 254 g/mol. The van der Waals surface area contributed by atoms with Gasteiger partial charge in [0.2, 0.25) is 5.88 Å². The normalized spacial score (nSPS) is 31.1. The first-order valence-corrected chi connectivity index (χ1v) is 6.57. The van der Waals surface area contributed by atoms with Crippen LogP contribution in [0.5, 0.6) is 5.88 Å². The minimum atomic E-state index is 0.176. The van der Waals surface area contributed by atoms with E-state index in [0.29, 0.717) is 23.1 Å². The first kappa shape index (κ1) is 12.1. The summed E-state index contributed by atoms with van der Waals surface area (Å²) in [6.45, 7) is 3.41. The third kappa shape index (κ3) is 2.43. The van der Waals surface area contributed by atoms with Crippen LogP contribution in [0.4, 0.5) is 0 Å². The number of hydrogen-bond donors (Lipinski definition) is 1. The quantitative estimate of drug-likeness (QED) is 0.821. The SMILES string of the molecule is Cc1c(Cl)ncnc1OC1CC2COCC(C1)N2. The number of fused-ring (bicyclic) bond motifs is 2. The van der Waals surface area contributed by atoms with Crippen LogP contribution in [-0.2, 0) is 4.74 Å². The molecule has 3 rings (SSSR count). The minimum Gasteiger partial charge on any atom is -0.474 e. The molecule has 1 aromatic rings. The largest absolute Gasteiger partial charge is 0.474 e. The molecule has 0 amide bonds. The maximum atomic E-state index is 5.97. The van der Waals surface area contributed by atoms with Crippen LogP contribution in [0, 0.1) is 6.92 Å². The lowest BCUT2D eigenvalue weighted by atomic mass is 9.95. The van der Waals surface area contributed by atoms with Crippen LogP contribution in [-0.4, -0.2) is 41.4 Å². The third-order valence-electron chi connectivity index (χ3n) is 3.46. The fourth-order valence-electron chi connectivity index (χ4n) is 2.57. The van der Waals surface area contributed by atoms with Gasteiger partial charge < -0.3 is 14.8 Å². The summed E-state index contributed by atoms with van der Waals surface area (Å²) in [5, 5.41) is 3.99. The van der Waals surface area contributed by atoms with Crippen molar-refractivity contribution in [1.82, 2.24) is 15.3 Å². The van der Waals surface area contributed by atoms with Crippen molar-refractivity contribution in [3.63, 3.8) is 0 Å². The van der Waals surface area contributed by atoms with E-state index in [1.54, 1.807) is 0 Å². The predicted molar refractivity (Wildman–Crippen MR) is 67.0 cm³/mol. The van der Waals surface area contributed by atoms with Crippen LogP contribution in [0.25, 0.3) is 0 Å². The summed E-state index contributed by atoms with van der Waals surface area (Å²) >= 11 is 5.96. The van der Waals surface area contributed by atoms with E-state index >= 15 is 0 Å². The second-order valence-electron chi connectivity index (χ2n) is 4.90. The minimum absolute atomic E-state index is 0.176. The van der Waals surface area contributed by atoms with E-state index in [1.165, 1.54) is 6.33 Å². The standard InChI is InChI=1S/C12H16ClN3O2/c1-7-11(13)14-6-15-12(7)18-10-2-8-4-17-5-9(3-10)16-8/h6,8-10,16H,2-5H2,1H3. The van der Waals surface area contributed by atoms with Gasteiger partial charge in [0.05, 0.1) is 13.2 Å². The molecule has 2 unspecified atom stereocenters. The van der Waals surface area contributed by atoms with Gasteiger partial charge >= 0.3 is 0 Å². The number of ether oxygens (including phenoxy) is 2. The lowest BCUT2D eigenvalue weighted by molar-refractivity contribution is -0.0134. The van der Waals surface area contributed by atoms with Crippen LogP contribution in [0.1, 0.15) is 18.4 Å². The molecule has 3 heterocycles. The number of morpholine rings is 1. The van der Waals surface area contributed by atoms with E-state index in [2.05, 4.69) is 15.3 Å². The summed E-state index contributed by atoms with van der Waals surface area (Å²) in [6.07, 6.45) is 3.50. The summed E-state index contributed by atoms with van der Waals surface area (Å²) in [4.78, 5) is 8.09. The van der Waals surface area contributed by atoms with E-state index in [9.17, 15) is 0 Å². The zero-order valence-electron chi connectivity index (χ0n) is 10.2. The summed E-state index contributed by atoms with van der Waals surface area (Å²) in [5.41, 5.74) is 0.805. The topological polar surface area (TPSA) is 56.3 Å². The van der Waals surface area contributed by atoms with Gasteiger partial charge in [0, 0.05) is 30.5 Å². The highest BCUT2D eigenvalue weighted by molar-refractivity contribution is 6.30. The number of piperidine rings is 1. The van der Waals surface area contributed by atoms with E-state index < -0.39 is 0 Å². The van der Waals surface area contributed by atoms with Gasteiger partial charge in [-0.2, -0.15) is 0 Å². The Balaban J connectivity index is 1.71. The third-order valence-corrected chi connectivity index (χ3v) is 3.84. The molecule has 0 aromatic carbocycles. The molecule has 0 spiro atoms. The molecule has 2 aliphatic rings. The smallest absolute Gasteiger partial charge is 0.221 e. The summed E-state index contributed by atoms with van der Waals surface area (Å²) < 4.78 is 11.5. The number of hydrogen-bond acceptors (Lipinski definition) is 5. The van der Waals surface area contributed by atoms with Gasteiger partial charge in [-0.1, -0.05) is 11.6 Å². The first-order chi connectivity index (χ1) is 8.72. The summed E-state index contributed by atoms with van der Waals surface area (Å²) in [5.74, 6) is 0.598. The predicted octanol–water partition coefficient (Wildman–Crippen LogP) is 1.34. The lowest BCUT2D eigenvalue weighted by Gasteiger charge is -2.39. The number of aromatic nitrogens is 2. The summed E-state index contributed by atoms with van der Waals surface area (Å²) in [7, 11) is 0. The van der Waals surface area contributed by atoms with E-state index in [1.807, 2.05) is 6.92 Å². The van der Waals surface area contributed by atoms with Crippen LogP contribution in [0.2, 0.25) is 5.15 Å². The van der Waals surface area contributed by atoms with Gasteiger partial charge in [-0.25, -0.2) is 9.97 Å². The maximum absolute atomic E-state index is 5.97. The molecule has 0 saturated carbocycles. The molecule has 98 valence electrons.